The van der Waals surface area contributed by atoms with Gasteiger partial charge in [0.25, 0.3) is 0 Å². The monoisotopic (exact) mass is 428 g/mol. The molecule has 0 aromatic heterocycles. The molecule has 0 bridgehead atoms. The summed E-state index contributed by atoms with van der Waals surface area (Å²) in [6.07, 6.45) is -9.86. The fourth-order valence-electron chi connectivity index (χ4n) is 3.13. The second-order valence-corrected chi connectivity index (χ2v) is 7.69. The average Bonchev–Trinajstić information content (AvgIpc) is 3.15. The SMILES string of the molecule is COc1ccc([C@H]2[C@H](c3cc(C(F)(F)F)cc(C(F)(F)F)c3)C2(Cl)Cl)cc1. The standard InChI is InChI=1S/C18H12Cl2F6O/c1-27-13-4-2-9(3-5-13)14-15(16(14,19)20)10-6-11(17(21,22)23)8-12(7-10)18(24,25)26/h2-8,14-15H,1H3/t14-,15-/m0/s1. The van der Waals surface area contributed by atoms with E-state index >= 15 is 0 Å². The molecule has 0 N–H and O–H groups in total. The van der Waals surface area contributed by atoms with Crippen LogP contribution in [0, 0.1) is 0 Å². The second-order valence-electron chi connectivity index (χ2n) is 6.24. The first-order chi connectivity index (χ1) is 12.4. The van der Waals surface area contributed by atoms with Gasteiger partial charge in [0.05, 0.1) is 18.2 Å². The second kappa shape index (κ2) is 6.48. The molecule has 1 aliphatic rings. The number of ether oxygens (including phenoxy) is 1. The lowest BCUT2D eigenvalue weighted by molar-refractivity contribution is -0.143. The van der Waals surface area contributed by atoms with Gasteiger partial charge in [-0.2, -0.15) is 26.3 Å². The summed E-state index contributed by atoms with van der Waals surface area (Å²) in [5.41, 5.74) is -2.39. The van der Waals surface area contributed by atoms with Gasteiger partial charge in [0.15, 0.2) is 0 Å². The summed E-state index contributed by atoms with van der Waals surface area (Å²) in [5, 5.41) is 0. The maximum atomic E-state index is 13.1. The molecule has 2 aromatic rings. The molecule has 0 amide bonds. The Labute approximate surface area is 160 Å². The zero-order valence-corrected chi connectivity index (χ0v) is 15.1. The maximum absolute atomic E-state index is 13.1. The zero-order chi connectivity index (χ0) is 20.2. The highest BCUT2D eigenvalue weighted by molar-refractivity contribution is 6.52. The van der Waals surface area contributed by atoms with Crippen LogP contribution in [0.2, 0.25) is 0 Å². The van der Waals surface area contributed by atoms with Crippen molar-refractivity contribution in [3.8, 4) is 5.75 Å². The van der Waals surface area contributed by atoms with Crippen LogP contribution in [0.5, 0.6) is 5.75 Å². The van der Waals surface area contributed by atoms with Crippen molar-refractivity contribution in [2.75, 3.05) is 7.11 Å². The smallest absolute Gasteiger partial charge is 0.416 e. The summed E-state index contributed by atoms with van der Waals surface area (Å²) in [7, 11) is 1.46. The molecule has 0 aliphatic heterocycles. The van der Waals surface area contributed by atoms with E-state index in [9.17, 15) is 26.3 Å². The third kappa shape index (κ3) is 3.85. The number of hydrogen-bond donors (Lipinski definition) is 0. The Balaban J connectivity index is 2.04. The highest BCUT2D eigenvalue weighted by Crippen LogP contribution is 2.70. The lowest BCUT2D eigenvalue weighted by atomic mass is 9.99. The van der Waals surface area contributed by atoms with Crippen LogP contribution >= 0.6 is 23.2 Å². The van der Waals surface area contributed by atoms with Crippen LogP contribution in [0.1, 0.15) is 34.1 Å². The minimum absolute atomic E-state index is 0.0818. The number of halogens is 8. The molecule has 0 spiro atoms. The van der Waals surface area contributed by atoms with Gasteiger partial charge >= 0.3 is 12.4 Å². The fourth-order valence-corrected chi connectivity index (χ4v) is 4.01. The number of methoxy groups -OCH3 is 1. The molecule has 9 heteroatoms. The minimum atomic E-state index is -4.93. The van der Waals surface area contributed by atoms with Crippen molar-refractivity contribution in [3.63, 3.8) is 0 Å². The summed E-state index contributed by atoms with van der Waals surface area (Å²) < 4.78 is 81.9. The lowest BCUT2D eigenvalue weighted by Gasteiger charge is -2.14. The molecule has 0 unspecified atom stereocenters. The molecule has 0 heterocycles. The van der Waals surface area contributed by atoms with Crippen molar-refractivity contribution >= 4 is 23.2 Å². The van der Waals surface area contributed by atoms with E-state index in [1.807, 2.05) is 0 Å². The van der Waals surface area contributed by atoms with Crippen molar-refractivity contribution in [1.82, 2.24) is 0 Å². The van der Waals surface area contributed by atoms with Crippen LogP contribution in [0.15, 0.2) is 42.5 Å². The van der Waals surface area contributed by atoms with Crippen LogP contribution in [0.25, 0.3) is 0 Å². The van der Waals surface area contributed by atoms with Gasteiger partial charge < -0.3 is 4.74 Å². The Hall–Kier alpha value is -1.60. The maximum Gasteiger partial charge on any atom is 0.416 e. The first kappa shape index (κ1) is 20.1. The summed E-state index contributed by atoms with van der Waals surface area (Å²) in [6.45, 7) is 0. The average molecular weight is 429 g/mol. The first-order valence-corrected chi connectivity index (χ1v) is 8.42. The molecular formula is C18H12Cl2F6O. The molecule has 1 saturated carbocycles. The van der Waals surface area contributed by atoms with Gasteiger partial charge in [0, 0.05) is 11.8 Å². The number of alkyl halides is 8. The van der Waals surface area contributed by atoms with Gasteiger partial charge in [0.2, 0.25) is 0 Å². The van der Waals surface area contributed by atoms with Gasteiger partial charge in [-0.3, -0.25) is 0 Å². The largest absolute Gasteiger partial charge is 0.497 e. The van der Waals surface area contributed by atoms with Crippen molar-refractivity contribution in [2.24, 2.45) is 0 Å². The Morgan fingerprint density at radius 1 is 0.778 bits per heavy atom. The number of benzene rings is 2. The van der Waals surface area contributed by atoms with Crippen molar-refractivity contribution < 1.29 is 31.1 Å². The summed E-state index contributed by atoms with van der Waals surface area (Å²) in [4.78, 5) is 0. The van der Waals surface area contributed by atoms with Gasteiger partial charge in [-0.25, -0.2) is 0 Å². The van der Waals surface area contributed by atoms with E-state index in [0.717, 1.165) is 0 Å². The zero-order valence-electron chi connectivity index (χ0n) is 13.6. The predicted molar refractivity (Wildman–Crippen MR) is 89.4 cm³/mol. The molecule has 1 aliphatic carbocycles. The van der Waals surface area contributed by atoms with E-state index in [-0.39, 0.29) is 11.6 Å². The predicted octanol–water partition coefficient (Wildman–Crippen LogP) is 6.79. The third-order valence-electron chi connectivity index (χ3n) is 4.50. The molecule has 2 atom stereocenters. The normalized spacial score (nSPS) is 21.8. The lowest BCUT2D eigenvalue weighted by Crippen LogP contribution is -2.12. The molecule has 1 nitrogen and oxygen atoms in total. The molecule has 2 aromatic carbocycles. The van der Waals surface area contributed by atoms with Crippen LogP contribution in [-0.2, 0) is 12.4 Å². The van der Waals surface area contributed by atoms with Crippen LogP contribution < -0.4 is 4.74 Å². The Morgan fingerprint density at radius 3 is 1.63 bits per heavy atom. The molecule has 27 heavy (non-hydrogen) atoms. The minimum Gasteiger partial charge on any atom is -0.497 e. The van der Waals surface area contributed by atoms with E-state index in [2.05, 4.69) is 0 Å². The molecule has 146 valence electrons. The van der Waals surface area contributed by atoms with Crippen molar-refractivity contribution in [2.45, 2.75) is 28.5 Å². The Morgan fingerprint density at radius 2 is 1.22 bits per heavy atom. The molecule has 0 radical (unpaired) electrons. The highest BCUT2D eigenvalue weighted by atomic mass is 35.5. The Kier molecular flexibility index (Phi) is 4.84. The van der Waals surface area contributed by atoms with Gasteiger partial charge in [-0.15, -0.1) is 23.2 Å². The van der Waals surface area contributed by atoms with E-state index < -0.39 is 39.6 Å². The first-order valence-electron chi connectivity index (χ1n) is 7.67. The topological polar surface area (TPSA) is 9.23 Å². The molecule has 1 fully saturated rings. The quantitative estimate of drug-likeness (QED) is 0.386. The van der Waals surface area contributed by atoms with Crippen molar-refractivity contribution in [1.29, 1.82) is 0 Å². The van der Waals surface area contributed by atoms with Gasteiger partial charge in [-0.05, 0) is 41.5 Å². The summed E-state index contributed by atoms with van der Waals surface area (Å²) in [6, 6.07) is 7.90. The van der Waals surface area contributed by atoms with Gasteiger partial charge in [0.1, 0.15) is 10.1 Å². The van der Waals surface area contributed by atoms with Crippen LogP contribution in [0.3, 0.4) is 0 Å². The van der Waals surface area contributed by atoms with E-state index in [0.29, 0.717) is 23.4 Å². The van der Waals surface area contributed by atoms with E-state index in [1.165, 1.54) is 7.11 Å². The molecular weight excluding hydrogens is 417 g/mol. The Bertz CT molecular complexity index is 810. The van der Waals surface area contributed by atoms with Crippen LogP contribution in [-0.4, -0.2) is 11.4 Å². The summed E-state index contributed by atoms with van der Waals surface area (Å²) >= 11 is 12.4. The molecule has 0 saturated heterocycles. The molecule has 3 rings (SSSR count). The number of hydrogen-bond acceptors (Lipinski definition) is 1. The van der Waals surface area contributed by atoms with Gasteiger partial charge in [-0.1, -0.05) is 12.1 Å². The van der Waals surface area contributed by atoms with Crippen LogP contribution in [0.4, 0.5) is 26.3 Å². The fraction of sp³-hybridized carbons (Fsp3) is 0.333. The highest BCUT2D eigenvalue weighted by Gasteiger charge is 2.64. The van der Waals surface area contributed by atoms with E-state index in [1.54, 1.807) is 24.3 Å². The number of rotatable bonds is 3. The summed E-state index contributed by atoms with van der Waals surface area (Å²) in [5.74, 6) is -1.00. The van der Waals surface area contributed by atoms with Crippen molar-refractivity contribution in [3.05, 3.63) is 64.7 Å². The van der Waals surface area contributed by atoms with E-state index in [4.69, 9.17) is 27.9 Å². The third-order valence-corrected chi connectivity index (χ3v) is 5.44.